The molecule has 0 rings (SSSR count). The van der Waals surface area contributed by atoms with Crippen LogP contribution in [0.1, 0.15) is 45.4 Å². The molecule has 0 saturated carbocycles. The molecular weight excluding hydrogens is 294 g/mol. The van der Waals surface area contributed by atoms with Gasteiger partial charge in [0.05, 0.1) is 21.1 Å². The SMILES string of the molecule is CCCCCC/C=C/C=C/C(=O)OC(CC(=O)[O-])C[N+](C)(C)C. The molecule has 0 fully saturated rings. The van der Waals surface area contributed by atoms with E-state index in [1.54, 1.807) is 6.08 Å². The van der Waals surface area contributed by atoms with E-state index in [1.807, 2.05) is 33.3 Å². The number of quaternary nitrogens is 1. The molecule has 0 spiro atoms. The second-order valence-electron chi connectivity index (χ2n) is 6.74. The number of hydrogen-bond acceptors (Lipinski definition) is 4. The van der Waals surface area contributed by atoms with Gasteiger partial charge in [-0.15, -0.1) is 0 Å². The van der Waals surface area contributed by atoms with E-state index in [4.69, 9.17) is 4.74 Å². The number of carbonyl (C=O) groups excluding carboxylic acids is 2. The number of esters is 1. The maximum atomic E-state index is 11.7. The lowest BCUT2D eigenvalue weighted by Gasteiger charge is -2.28. The number of carbonyl (C=O) groups is 2. The fourth-order valence-electron chi connectivity index (χ4n) is 2.14. The molecule has 0 aromatic rings. The van der Waals surface area contributed by atoms with E-state index in [0.717, 1.165) is 12.8 Å². The summed E-state index contributed by atoms with van der Waals surface area (Å²) in [6.45, 7) is 2.59. The van der Waals surface area contributed by atoms with E-state index in [9.17, 15) is 14.7 Å². The number of hydrogen-bond donors (Lipinski definition) is 0. The summed E-state index contributed by atoms with van der Waals surface area (Å²) in [6.07, 6.45) is 11.7. The Morgan fingerprint density at radius 2 is 1.83 bits per heavy atom. The fourth-order valence-corrected chi connectivity index (χ4v) is 2.14. The molecule has 0 radical (unpaired) electrons. The quantitative estimate of drug-likeness (QED) is 0.180. The Kier molecular flexibility index (Phi) is 11.0. The number of carboxylic acids is 1. The first kappa shape index (κ1) is 21.4. The maximum absolute atomic E-state index is 11.7. The van der Waals surface area contributed by atoms with Crippen LogP contribution in [0.25, 0.3) is 0 Å². The van der Waals surface area contributed by atoms with Crippen LogP contribution in [0.4, 0.5) is 0 Å². The predicted molar refractivity (Wildman–Crippen MR) is 89.4 cm³/mol. The first-order chi connectivity index (χ1) is 10.7. The van der Waals surface area contributed by atoms with E-state index in [0.29, 0.717) is 11.0 Å². The molecule has 0 aliphatic rings. The van der Waals surface area contributed by atoms with Crippen molar-refractivity contribution in [1.29, 1.82) is 0 Å². The summed E-state index contributed by atoms with van der Waals surface area (Å²) >= 11 is 0. The predicted octanol–water partition coefficient (Wildman–Crippen LogP) is 1.83. The third-order valence-electron chi connectivity index (χ3n) is 3.13. The Morgan fingerprint density at radius 1 is 1.13 bits per heavy atom. The third kappa shape index (κ3) is 15.1. The molecule has 132 valence electrons. The molecule has 5 heteroatoms. The van der Waals surface area contributed by atoms with E-state index in [2.05, 4.69) is 6.92 Å². The van der Waals surface area contributed by atoms with Crippen molar-refractivity contribution < 1.29 is 23.9 Å². The normalized spacial score (nSPS) is 13.6. The molecule has 0 aliphatic carbocycles. The molecule has 0 N–H and O–H groups in total. The van der Waals surface area contributed by atoms with Gasteiger partial charge < -0.3 is 19.1 Å². The largest absolute Gasteiger partial charge is 0.550 e. The molecule has 0 aliphatic heterocycles. The first-order valence-electron chi connectivity index (χ1n) is 8.28. The summed E-state index contributed by atoms with van der Waals surface area (Å²) in [7, 11) is 5.73. The molecule has 0 heterocycles. The number of nitrogens with zero attached hydrogens (tertiary/aromatic N) is 1. The lowest BCUT2D eigenvalue weighted by molar-refractivity contribution is -0.873. The highest BCUT2D eigenvalue weighted by Crippen LogP contribution is 2.06. The van der Waals surface area contributed by atoms with Gasteiger partial charge in [-0.25, -0.2) is 4.79 Å². The Bertz CT molecular complexity index is 408. The summed E-state index contributed by atoms with van der Waals surface area (Å²) in [6, 6.07) is 0. The summed E-state index contributed by atoms with van der Waals surface area (Å²) < 4.78 is 5.71. The molecule has 0 amide bonds. The molecule has 0 aromatic heterocycles. The number of aliphatic carboxylic acids is 1. The van der Waals surface area contributed by atoms with Crippen LogP contribution in [0.3, 0.4) is 0 Å². The van der Waals surface area contributed by atoms with Crippen molar-refractivity contribution in [2.75, 3.05) is 27.7 Å². The van der Waals surface area contributed by atoms with Gasteiger partial charge in [0.1, 0.15) is 6.54 Å². The van der Waals surface area contributed by atoms with Gasteiger partial charge in [0.25, 0.3) is 0 Å². The summed E-state index contributed by atoms with van der Waals surface area (Å²) in [5, 5.41) is 10.7. The van der Waals surface area contributed by atoms with Crippen LogP contribution in [-0.4, -0.2) is 50.2 Å². The van der Waals surface area contributed by atoms with Crippen molar-refractivity contribution in [3.8, 4) is 0 Å². The second kappa shape index (κ2) is 11.9. The number of carboxylic acid groups (broad SMARTS) is 1. The zero-order chi connectivity index (χ0) is 17.7. The summed E-state index contributed by atoms with van der Waals surface area (Å²) in [4.78, 5) is 22.5. The third-order valence-corrected chi connectivity index (χ3v) is 3.13. The van der Waals surface area contributed by atoms with Crippen molar-refractivity contribution in [2.24, 2.45) is 0 Å². The molecule has 0 saturated heterocycles. The lowest BCUT2D eigenvalue weighted by Crippen LogP contribution is -2.45. The second-order valence-corrected chi connectivity index (χ2v) is 6.74. The van der Waals surface area contributed by atoms with Crippen LogP contribution in [0.5, 0.6) is 0 Å². The van der Waals surface area contributed by atoms with Gasteiger partial charge in [-0.1, -0.05) is 44.4 Å². The minimum atomic E-state index is -1.22. The van der Waals surface area contributed by atoms with Crippen LogP contribution in [-0.2, 0) is 14.3 Å². The van der Waals surface area contributed by atoms with E-state index in [1.165, 1.54) is 25.3 Å². The Balaban J connectivity index is 4.22. The molecule has 0 aromatic carbocycles. The average molecular weight is 325 g/mol. The number of allylic oxidation sites excluding steroid dienone is 3. The first-order valence-corrected chi connectivity index (χ1v) is 8.28. The highest BCUT2D eigenvalue weighted by molar-refractivity contribution is 5.82. The smallest absolute Gasteiger partial charge is 0.331 e. The standard InChI is InChI=1S/C18H31NO4/c1-5-6-7-8-9-10-11-12-13-18(22)23-16(14-17(20)21)15-19(2,3)4/h10-13,16H,5-9,14-15H2,1-4H3/b11-10+,13-12+. The number of ether oxygens (including phenoxy) is 1. The average Bonchev–Trinajstić information content (AvgIpc) is 2.39. The molecule has 1 atom stereocenters. The zero-order valence-corrected chi connectivity index (χ0v) is 14.9. The monoisotopic (exact) mass is 325 g/mol. The van der Waals surface area contributed by atoms with Crippen LogP contribution in [0.15, 0.2) is 24.3 Å². The van der Waals surface area contributed by atoms with Crippen LogP contribution in [0.2, 0.25) is 0 Å². The van der Waals surface area contributed by atoms with Crippen molar-refractivity contribution in [3.05, 3.63) is 24.3 Å². The minimum Gasteiger partial charge on any atom is -0.550 e. The van der Waals surface area contributed by atoms with Crippen LogP contribution < -0.4 is 5.11 Å². The van der Waals surface area contributed by atoms with Gasteiger partial charge >= 0.3 is 5.97 Å². The summed E-state index contributed by atoms with van der Waals surface area (Å²) in [5.41, 5.74) is 0. The van der Waals surface area contributed by atoms with Gasteiger partial charge in [-0.05, 0) is 12.8 Å². The van der Waals surface area contributed by atoms with Crippen molar-refractivity contribution in [1.82, 2.24) is 0 Å². The maximum Gasteiger partial charge on any atom is 0.331 e. The topological polar surface area (TPSA) is 66.4 Å². The van der Waals surface area contributed by atoms with Crippen LogP contribution >= 0.6 is 0 Å². The highest BCUT2D eigenvalue weighted by Gasteiger charge is 2.21. The van der Waals surface area contributed by atoms with E-state index < -0.39 is 18.0 Å². The van der Waals surface area contributed by atoms with Gasteiger partial charge in [0.15, 0.2) is 6.10 Å². The number of rotatable bonds is 12. The Hall–Kier alpha value is -1.62. The zero-order valence-electron chi connectivity index (χ0n) is 14.9. The number of unbranched alkanes of at least 4 members (excludes halogenated alkanes) is 4. The van der Waals surface area contributed by atoms with Gasteiger partial charge in [-0.2, -0.15) is 0 Å². The molecule has 0 bridgehead atoms. The van der Waals surface area contributed by atoms with Crippen molar-refractivity contribution in [3.63, 3.8) is 0 Å². The Labute approximate surface area is 140 Å². The fraction of sp³-hybridized carbons (Fsp3) is 0.667. The Morgan fingerprint density at radius 3 is 2.39 bits per heavy atom. The van der Waals surface area contributed by atoms with Gasteiger partial charge in [0, 0.05) is 18.5 Å². The molecule has 23 heavy (non-hydrogen) atoms. The van der Waals surface area contributed by atoms with Gasteiger partial charge in [0.2, 0.25) is 0 Å². The van der Waals surface area contributed by atoms with Crippen molar-refractivity contribution in [2.45, 2.75) is 51.6 Å². The summed E-state index contributed by atoms with van der Waals surface area (Å²) in [5.74, 6) is -1.74. The number of likely N-dealkylation sites (N-methyl/N-ethyl adjacent to an activating group) is 1. The molecular formula is C18H31NO4. The molecule has 5 nitrogen and oxygen atoms in total. The van der Waals surface area contributed by atoms with Gasteiger partial charge in [-0.3, -0.25) is 0 Å². The van der Waals surface area contributed by atoms with E-state index >= 15 is 0 Å². The van der Waals surface area contributed by atoms with Crippen molar-refractivity contribution >= 4 is 11.9 Å². The van der Waals surface area contributed by atoms with E-state index in [-0.39, 0.29) is 6.42 Å². The lowest BCUT2D eigenvalue weighted by atomic mass is 10.1. The molecule has 1 unspecified atom stereocenters. The minimum absolute atomic E-state index is 0.289. The van der Waals surface area contributed by atoms with Crippen LogP contribution in [0, 0.1) is 0 Å². The highest BCUT2D eigenvalue weighted by atomic mass is 16.5.